The summed E-state index contributed by atoms with van der Waals surface area (Å²) in [4.78, 5) is 11.9. The molecule has 20 heavy (non-hydrogen) atoms. The number of ketones is 1. The number of hydrogen-bond donors (Lipinski definition) is 0. The Morgan fingerprint density at radius 1 is 1.15 bits per heavy atom. The van der Waals surface area contributed by atoms with Gasteiger partial charge in [0.2, 0.25) is 0 Å². The standard InChI is InChI=1S/C16H12ClNO2/c17-15-4-2-1-3-14(15)10-20-11-16(19)13-7-5-12(9-18)6-8-13/h1-8H,10-11H2. The molecule has 0 aliphatic rings. The second-order valence-electron chi connectivity index (χ2n) is 4.20. The van der Waals surface area contributed by atoms with Gasteiger partial charge in [0.05, 0.1) is 18.2 Å². The van der Waals surface area contributed by atoms with Crippen molar-refractivity contribution in [2.75, 3.05) is 6.61 Å². The molecule has 0 bridgehead atoms. The fourth-order valence-electron chi connectivity index (χ4n) is 1.68. The fourth-order valence-corrected chi connectivity index (χ4v) is 1.87. The number of hydrogen-bond acceptors (Lipinski definition) is 3. The van der Waals surface area contributed by atoms with Crippen LogP contribution in [0.4, 0.5) is 0 Å². The molecule has 4 heteroatoms. The minimum Gasteiger partial charge on any atom is -0.369 e. The largest absolute Gasteiger partial charge is 0.369 e. The van der Waals surface area contributed by atoms with Crippen LogP contribution in [0.1, 0.15) is 21.5 Å². The Hall–Kier alpha value is -2.15. The molecular formula is C16H12ClNO2. The van der Waals surface area contributed by atoms with E-state index in [0.29, 0.717) is 22.8 Å². The lowest BCUT2D eigenvalue weighted by molar-refractivity contribution is 0.0726. The topological polar surface area (TPSA) is 50.1 Å². The molecular weight excluding hydrogens is 274 g/mol. The van der Waals surface area contributed by atoms with Gasteiger partial charge < -0.3 is 4.74 Å². The SMILES string of the molecule is N#Cc1ccc(C(=O)COCc2ccccc2Cl)cc1. The van der Waals surface area contributed by atoms with Crippen LogP contribution in [0.3, 0.4) is 0 Å². The number of carbonyl (C=O) groups excluding carboxylic acids is 1. The quantitative estimate of drug-likeness (QED) is 0.789. The highest BCUT2D eigenvalue weighted by molar-refractivity contribution is 6.31. The van der Waals surface area contributed by atoms with Crippen molar-refractivity contribution < 1.29 is 9.53 Å². The zero-order valence-corrected chi connectivity index (χ0v) is 11.4. The van der Waals surface area contributed by atoms with Crippen LogP contribution in [0, 0.1) is 11.3 Å². The van der Waals surface area contributed by atoms with E-state index in [1.165, 1.54) is 0 Å². The molecule has 0 N–H and O–H groups in total. The number of halogens is 1. The van der Waals surface area contributed by atoms with Gasteiger partial charge in [-0.25, -0.2) is 0 Å². The molecule has 0 spiro atoms. The molecule has 0 radical (unpaired) electrons. The fraction of sp³-hybridized carbons (Fsp3) is 0.125. The molecule has 0 heterocycles. The molecule has 2 rings (SSSR count). The second-order valence-corrected chi connectivity index (χ2v) is 4.60. The van der Waals surface area contributed by atoms with E-state index in [0.717, 1.165) is 5.56 Å². The van der Waals surface area contributed by atoms with Gasteiger partial charge in [0, 0.05) is 10.6 Å². The summed E-state index contributed by atoms with van der Waals surface area (Å²) in [6.07, 6.45) is 0. The zero-order valence-electron chi connectivity index (χ0n) is 10.7. The first-order valence-electron chi connectivity index (χ1n) is 6.05. The van der Waals surface area contributed by atoms with E-state index in [1.807, 2.05) is 24.3 Å². The second kappa shape index (κ2) is 6.85. The van der Waals surface area contributed by atoms with E-state index in [-0.39, 0.29) is 12.4 Å². The first kappa shape index (κ1) is 14.3. The van der Waals surface area contributed by atoms with E-state index in [4.69, 9.17) is 21.6 Å². The Balaban J connectivity index is 1.89. The maximum Gasteiger partial charge on any atom is 0.188 e. The molecule has 0 aliphatic heterocycles. The molecule has 0 aromatic heterocycles. The van der Waals surface area contributed by atoms with Crippen LogP contribution in [0.15, 0.2) is 48.5 Å². The van der Waals surface area contributed by atoms with Gasteiger partial charge in [0.25, 0.3) is 0 Å². The van der Waals surface area contributed by atoms with E-state index in [1.54, 1.807) is 30.3 Å². The van der Waals surface area contributed by atoms with Crippen molar-refractivity contribution in [3.05, 3.63) is 70.2 Å². The Labute approximate surface area is 122 Å². The van der Waals surface area contributed by atoms with Crippen molar-refractivity contribution in [2.24, 2.45) is 0 Å². The van der Waals surface area contributed by atoms with Crippen molar-refractivity contribution in [1.29, 1.82) is 5.26 Å². The normalized spacial score (nSPS) is 10.0. The lowest BCUT2D eigenvalue weighted by atomic mass is 10.1. The number of nitriles is 1. The van der Waals surface area contributed by atoms with Gasteiger partial charge in [-0.15, -0.1) is 0 Å². The lowest BCUT2D eigenvalue weighted by Gasteiger charge is -2.05. The highest BCUT2D eigenvalue weighted by atomic mass is 35.5. The molecule has 2 aromatic carbocycles. The van der Waals surface area contributed by atoms with Crippen LogP contribution in [-0.2, 0) is 11.3 Å². The van der Waals surface area contributed by atoms with Gasteiger partial charge in [-0.05, 0) is 23.8 Å². The van der Waals surface area contributed by atoms with Crippen molar-refractivity contribution in [2.45, 2.75) is 6.61 Å². The van der Waals surface area contributed by atoms with Crippen LogP contribution in [-0.4, -0.2) is 12.4 Å². The summed E-state index contributed by atoms with van der Waals surface area (Å²) in [5, 5.41) is 9.31. The maximum absolute atomic E-state index is 11.9. The average Bonchev–Trinajstić information content (AvgIpc) is 2.49. The molecule has 0 unspecified atom stereocenters. The van der Waals surface area contributed by atoms with Gasteiger partial charge in [-0.3, -0.25) is 4.79 Å². The van der Waals surface area contributed by atoms with Crippen molar-refractivity contribution >= 4 is 17.4 Å². The maximum atomic E-state index is 11.9. The van der Waals surface area contributed by atoms with Crippen molar-refractivity contribution in [1.82, 2.24) is 0 Å². The Kier molecular flexibility index (Phi) is 4.89. The van der Waals surface area contributed by atoms with E-state index >= 15 is 0 Å². The Morgan fingerprint density at radius 2 is 1.85 bits per heavy atom. The predicted octanol–water partition coefficient (Wildman–Crippen LogP) is 3.61. The van der Waals surface area contributed by atoms with E-state index < -0.39 is 0 Å². The number of nitrogens with zero attached hydrogens (tertiary/aromatic N) is 1. The third kappa shape index (κ3) is 3.67. The number of rotatable bonds is 5. The summed E-state index contributed by atoms with van der Waals surface area (Å²) >= 11 is 5.99. The number of ether oxygens (including phenoxy) is 1. The van der Waals surface area contributed by atoms with Gasteiger partial charge in [0.1, 0.15) is 6.61 Å². The van der Waals surface area contributed by atoms with Gasteiger partial charge in [-0.2, -0.15) is 5.26 Å². The van der Waals surface area contributed by atoms with Crippen LogP contribution < -0.4 is 0 Å². The summed E-state index contributed by atoms with van der Waals surface area (Å²) in [6, 6.07) is 15.8. The average molecular weight is 286 g/mol. The van der Waals surface area contributed by atoms with Crippen molar-refractivity contribution in [3.63, 3.8) is 0 Å². The molecule has 100 valence electrons. The Bertz CT molecular complexity index is 644. The monoisotopic (exact) mass is 285 g/mol. The first-order valence-corrected chi connectivity index (χ1v) is 6.43. The number of Topliss-reactive ketones (excluding diaryl/α,β-unsaturated/α-hetero) is 1. The highest BCUT2D eigenvalue weighted by Crippen LogP contribution is 2.15. The van der Waals surface area contributed by atoms with Gasteiger partial charge >= 0.3 is 0 Å². The highest BCUT2D eigenvalue weighted by Gasteiger charge is 2.07. The first-order chi connectivity index (χ1) is 9.70. The summed E-state index contributed by atoms with van der Waals surface area (Å²) in [7, 11) is 0. The zero-order chi connectivity index (χ0) is 14.4. The molecule has 3 nitrogen and oxygen atoms in total. The number of benzene rings is 2. The van der Waals surface area contributed by atoms with Crippen LogP contribution in [0.25, 0.3) is 0 Å². The van der Waals surface area contributed by atoms with Gasteiger partial charge in [-0.1, -0.05) is 41.9 Å². The third-order valence-electron chi connectivity index (χ3n) is 2.78. The van der Waals surface area contributed by atoms with Crippen molar-refractivity contribution in [3.8, 4) is 6.07 Å². The summed E-state index contributed by atoms with van der Waals surface area (Å²) in [5.74, 6) is -0.124. The molecule has 0 saturated carbocycles. The van der Waals surface area contributed by atoms with Crippen LogP contribution in [0.5, 0.6) is 0 Å². The Morgan fingerprint density at radius 3 is 2.50 bits per heavy atom. The van der Waals surface area contributed by atoms with Gasteiger partial charge in [0.15, 0.2) is 5.78 Å². The molecule has 0 atom stereocenters. The lowest BCUT2D eigenvalue weighted by Crippen LogP contribution is -2.09. The van der Waals surface area contributed by atoms with Crippen LogP contribution >= 0.6 is 11.6 Å². The molecule has 0 saturated heterocycles. The molecule has 0 amide bonds. The summed E-state index contributed by atoms with van der Waals surface area (Å²) < 4.78 is 5.37. The van der Waals surface area contributed by atoms with E-state index in [2.05, 4.69) is 0 Å². The summed E-state index contributed by atoms with van der Waals surface area (Å²) in [6.45, 7) is 0.277. The molecule has 2 aromatic rings. The molecule has 0 fully saturated rings. The minimum absolute atomic E-state index is 0.0167. The molecule has 0 aliphatic carbocycles. The minimum atomic E-state index is -0.124. The van der Waals surface area contributed by atoms with E-state index in [9.17, 15) is 4.79 Å². The smallest absolute Gasteiger partial charge is 0.188 e. The summed E-state index contributed by atoms with van der Waals surface area (Å²) in [5.41, 5.74) is 1.91. The third-order valence-corrected chi connectivity index (χ3v) is 3.15. The predicted molar refractivity (Wildman–Crippen MR) is 76.6 cm³/mol. The van der Waals surface area contributed by atoms with Crippen LogP contribution in [0.2, 0.25) is 5.02 Å². The number of carbonyl (C=O) groups is 1.